The van der Waals surface area contributed by atoms with Gasteiger partial charge in [-0.25, -0.2) is 0 Å². The van der Waals surface area contributed by atoms with Crippen LogP contribution >= 0.6 is 0 Å². The van der Waals surface area contributed by atoms with Gasteiger partial charge in [-0.1, -0.05) is 5.16 Å². The van der Waals surface area contributed by atoms with E-state index in [2.05, 4.69) is 20.4 Å². The van der Waals surface area contributed by atoms with Gasteiger partial charge < -0.3 is 21.0 Å². The number of oxime groups is 1. The standard InChI is InChI=1S/C13H19N5O3/c14-12(17-20)10-1-2-11(16-9-10)13(19)15-3-4-18-5-7-21-8-6-18/h1-2,9,20H,3-8H2,(H2,14,17)(H,15,19). The van der Waals surface area contributed by atoms with Gasteiger partial charge in [-0.15, -0.1) is 0 Å². The average molecular weight is 293 g/mol. The molecule has 114 valence electrons. The summed E-state index contributed by atoms with van der Waals surface area (Å²) in [7, 11) is 0. The van der Waals surface area contributed by atoms with Gasteiger partial charge in [0, 0.05) is 37.9 Å². The van der Waals surface area contributed by atoms with E-state index in [1.807, 2.05) is 0 Å². The first-order chi connectivity index (χ1) is 10.2. The maximum Gasteiger partial charge on any atom is 0.269 e. The fourth-order valence-corrected chi connectivity index (χ4v) is 1.98. The molecule has 0 radical (unpaired) electrons. The summed E-state index contributed by atoms with van der Waals surface area (Å²) in [4.78, 5) is 18.1. The van der Waals surface area contributed by atoms with E-state index in [4.69, 9.17) is 15.7 Å². The number of nitrogens with one attached hydrogen (secondary N) is 1. The van der Waals surface area contributed by atoms with Gasteiger partial charge in [0.1, 0.15) is 5.69 Å². The molecular formula is C13H19N5O3. The summed E-state index contributed by atoms with van der Waals surface area (Å²) in [6.45, 7) is 4.61. The second-order valence-electron chi connectivity index (χ2n) is 4.63. The number of nitrogens with zero attached hydrogens (tertiary/aromatic N) is 3. The first-order valence-electron chi connectivity index (χ1n) is 6.73. The summed E-state index contributed by atoms with van der Waals surface area (Å²) in [6, 6.07) is 3.12. The zero-order valence-electron chi connectivity index (χ0n) is 11.7. The number of carbonyl (C=O) groups excluding carboxylic acids is 1. The van der Waals surface area contributed by atoms with E-state index in [0.717, 1.165) is 32.8 Å². The molecule has 0 atom stereocenters. The molecule has 1 aromatic heterocycles. The molecule has 2 heterocycles. The predicted molar refractivity (Wildman–Crippen MR) is 76.3 cm³/mol. The molecule has 1 aromatic rings. The lowest BCUT2D eigenvalue weighted by Gasteiger charge is -2.26. The number of hydrogen-bond acceptors (Lipinski definition) is 6. The molecule has 0 bridgehead atoms. The van der Waals surface area contributed by atoms with Crippen LogP contribution < -0.4 is 11.1 Å². The normalized spacial score (nSPS) is 16.7. The van der Waals surface area contributed by atoms with Gasteiger partial charge in [-0.05, 0) is 12.1 Å². The Morgan fingerprint density at radius 3 is 2.86 bits per heavy atom. The number of morpholine rings is 1. The molecule has 1 fully saturated rings. The molecule has 0 saturated carbocycles. The molecule has 0 aromatic carbocycles. The minimum absolute atomic E-state index is 0.0400. The monoisotopic (exact) mass is 293 g/mol. The van der Waals surface area contributed by atoms with E-state index in [1.54, 1.807) is 6.07 Å². The molecule has 0 spiro atoms. The smallest absolute Gasteiger partial charge is 0.269 e. The molecule has 0 aliphatic carbocycles. The minimum atomic E-state index is -0.241. The highest BCUT2D eigenvalue weighted by atomic mass is 16.5. The molecule has 21 heavy (non-hydrogen) atoms. The average Bonchev–Trinajstić information content (AvgIpc) is 2.55. The fourth-order valence-electron chi connectivity index (χ4n) is 1.98. The maximum absolute atomic E-state index is 11.9. The molecule has 4 N–H and O–H groups in total. The Kier molecular flexibility index (Phi) is 5.47. The molecule has 1 aliphatic rings. The van der Waals surface area contributed by atoms with Crippen LogP contribution in [-0.4, -0.2) is 66.2 Å². The number of rotatable bonds is 5. The fraction of sp³-hybridized carbons (Fsp3) is 0.462. The van der Waals surface area contributed by atoms with E-state index in [1.165, 1.54) is 12.3 Å². The molecule has 8 nitrogen and oxygen atoms in total. The van der Waals surface area contributed by atoms with Crippen molar-refractivity contribution in [2.75, 3.05) is 39.4 Å². The van der Waals surface area contributed by atoms with Crippen molar-refractivity contribution in [3.8, 4) is 0 Å². The number of amides is 1. The highest BCUT2D eigenvalue weighted by molar-refractivity contribution is 5.98. The molecule has 1 saturated heterocycles. The van der Waals surface area contributed by atoms with Crippen molar-refractivity contribution < 1.29 is 14.7 Å². The lowest BCUT2D eigenvalue weighted by atomic mass is 10.2. The molecule has 2 rings (SSSR count). The quantitative estimate of drug-likeness (QED) is 0.285. The highest BCUT2D eigenvalue weighted by Gasteiger charge is 2.11. The number of nitrogens with two attached hydrogens (primary N) is 1. The molecule has 0 unspecified atom stereocenters. The lowest BCUT2D eigenvalue weighted by molar-refractivity contribution is 0.0383. The van der Waals surface area contributed by atoms with Gasteiger partial charge in [-0.3, -0.25) is 14.7 Å². The van der Waals surface area contributed by atoms with Crippen LogP contribution in [0.25, 0.3) is 0 Å². The Morgan fingerprint density at radius 2 is 2.24 bits per heavy atom. The summed E-state index contributed by atoms with van der Waals surface area (Å²) in [6.07, 6.45) is 1.39. The van der Waals surface area contributed by atoms with Gasteiger partial charge in [0.25, 0.3) is 5.91 Å². The van der Waals surface area contributed by atoms with Crippen LogP contribution in [0.2, 0.25) is 0 Å². The third-order valence-electron chi connectivity index (χ3n) is 3.22. The van der Waals surface area contributed by atoms with Crippen LogP contribution in [0.3, 0.4) is 0 Å². The minimum Gasteiger partial charge on any atom is -0.409 e. The van der Waals surface area contributed by atoms with Crippen LogP contribution in [0, 0.1) is 0 Å². The second-order valence-corrected chi connectivity index (χ2v) is 4.63. The van der Waals surface area contributed by atoms with E-state index in [9.17, 15) is 4.79 Å². The number of ether oxygens (including phenoxy) is 1. The summed E-state index contributed by atoms with van der Waals surface area (Å²) < 4.78 is 5.26. The SMILES string of the molecule is NC(=NO)c1ccc(C(=O)NCCN2CCOCC2)nc1. The second kappa shape index (κ2) is 7.55. The number of pyridine rings is 1. The topological polar surface area (TPSA) is 113 Å². The summed E-state index contributed by atoms with van der Waals surface area (Å²) >= 11 is 0. The van der Waals surface area contributed by atoms with E-state index in [0.29, 0.717) is 17.8 Å². The first kappa shape index (κ1) is 15.2. The molecule has 1 amide bonds. The zero-order chi connectivity index (χ0) is 15.1. The van der Waals surface area contributed by atoms with Crippen molar-refractivity contribution in [2.24, 2.45) is 10.9 Å². The van der Waals surface area contributed by atoms with Crippen LogP contribution in [0.1, 0.15) is 16.1 Å². The van der Waals surface area contributed by atoms with E-state index >= 15 is 0 Å². The van der Waals surface area contributed by atoms with Crippen molar-refractivity contribution in [2.45, 2.75) is 0 Å². The maximum atomic E-state index is 11.9. The Hall–Kier alpha value is -2.19. The Morgan fingerprint density at radius 1 is 1.48 bits per heavy atom. The highest BCUT2D eigenvalue weighted by Crippen LogP contribution is 2.00. The van der Waals surface area contributed by atoms with Crippen LogP contribution in [0.4, 0.5) is 0 Å². The van der Waals surface area contributed by atoms with Crippen molar-refractivity contribution in [1.82, 2.24) is 15.2 Å². The lowest BCUT2D eigenvalue weighted by Crippen LogP contribution is -2.41. The van der Waals surface area contributed by atoms with Crippen LogP contribution in [0.15, 0.2) is 23.5 Å². The number of amidine groups is 1. The summed E-state index contributed by atoms with van der Waals surface area (Å²) in [5.41, 5.74) is 6.19. The van der Waals surface area contributed by atoms with Gasteiger partial charge in [0.15, 0.2) is 5.84 Å². The Labute approximate surface area is 122 Å². The first-order valence-corrected chi connectivity index (χ1v) is 6.73. The van der Waals surface area contributed by atoms with Gasteiger partial charge in [0.05, 0.1) is 13.2 Å². The van der Waals surface area contributed by atoms with E-state index in [-0.39, 0.29) is 11.7 Å². The third kappa shape index (κ3) is 4.40. The predicted octanol–water partition coefficient (Wildman–Crippen LogP) is -0.762. The number of hydrogen-bond donors (Lipinski definition) is 3. The van der Waals surface area contributed by atoms with Crippen molar-refractivity contribution in [3.63, 3.8) is 0 Å². The third-order valence-corrected chi connectivity index (χ3v) is 3.22. The Balaban J connectivity index is 1.80. The van der Waals surface area contributed by atoms with Crippen LogP contribution in [-0.2, 0) is 4.74 Å². The van der Waals surface area contributed by atoms with Gasteiger partial charge >= 0.3 is 0 Å². The summed E-state index contributed by atoms with van der Waals surface area (Å²) in [5, 5.41) is 14.2. The van der Waals surface area contributed by atoms with Crippen molar-refractivity contribution >= 4 is 11.7 Å². The van der Waals surface area contributed by atoms with E-state index < -0.39 is 0 Å². The van der Waals surface area contributed by atoms with Crippen LogP contribution in [0.5, 0.6) is 0 Å². The van der Waals surface area contributed by atoms with Gasteiger partial charge in [0.2, 0.25) is 0 Å². The van der Waals surface area contributed by atoms with Crippen molar-refractivity contribution in [3.05, 3.63) is 29.6 Å². The summed E-state index contributed by atoms with van der Waals surface area (Å²) in [5.74, 6) is -0.281. The number of aromatic nitrogens is 1. The Bertz CT molecular complexity index is 497. The molecule has 1 aliphatic heterocycles. The number of carbonyl (C=O) groups is 1. The molecule has 8 heteroatoms. The largest absolute Gasteiger partial charge is 0.409 e. The van der Waals surface area contributed by atoms with Crippen molar-refractivity contribution in [1.29, 1.82) is 0 Å². The van der Waals surface area contributed by atoms with Gasteiger partial charge in [-0.2, -0.15) is 0 Å². The zero-order valence-corrected chi connectivity index (χ0v) is 11.7. The molecular weight excluding hydrogens is 274 g/mol.